The molecule has 1 heterocycles. The Morgan fingerprint density at radius 2 is 1.72 bits per heavy atom. The molecule has 2 amide bonds. The van der Waals surface area contributed by atoms with Crippen molar-refractivity contribution in [3.8, 4) is 0 Å². The van der Waals surface area contributed by atoms with Gasteiger partial charge >= 0.3 is 0 Å². The fraction of sp³-hybridized carbons (Fsp3) is 0. The van der Waals surface area contributed by atoms with E-state index in [4.69, 9.17) is 0 Å². The van der Waals surface area contributed by atoms with Crippen molar-refractivity contribution in [3.63, 3.8) is 0 Å². The number of amides is 2. The van der Waals surface area contributed by atoms with E-state index in [2.05, 4.69) is 37.0 Å². The minimum atomic E-state index is -0.827. The number of halogens is 2. The number of carbonyl (C=O) groups excluding carboxylic acids is 2. The zero-order valence-corrected chi connectivity index (χ0v) is 14.1. The lowest BCUT2D eigenvalue weighted by Crippen LogP contribution is -2.42. The third-order valence-electron chi connectivity index (χ3n) is 3.38. The highest BCUT2D eigenvalue weighted by Crippen LogP contribution is 2.15. The molecule has 0 saturated carbocycles. The van der Waals surface area contributed by atoms with Gasteiger partial charge in [0.05, 0.1) is 10.9 Å². The molecule has 1 aromatic heterocycles. The van der Waals surface area contributed by atoms with Crippen LogP contribution >= 0.6 is 15.9 Å². The standard InChI is InChI=1S/C16H10BrFN4O3/c17-8-5-6-11(12(18)7-8)15(24)21-22-16(25)13-9-3-1-2-4-10(9)14(23)20-19-13/h1-7H,(H,20,23)(H,21,24)(H,22,25). The van der Waals surface area contributed by atoms with Gasteiger partial charge in [-0.1, -0.05) is 34.1 Å². The molecule has 3 aromatic rings. The fourth-order valence-corrected chi connectivity index (χ4v) is 2.53. The zero-order chi connectivity index (χ0) is 18.0. The summed E-state index contributed by atoms with van der Waals surface area (Å²) < 4.78 is 14.2. The van der Waals surface area contributed by atoms with Crippen molar-refractivity contribution in [2.45, 2.75) is 0 Å². The van der Waals surface area contributed by atoms with E-state index in [1.807, 2.05) is 0 Å². The van der Waals surface area contributed by atoms with E-state index in [1.165, 1.54) is 12.1 Å². The summed E-state index contributed by atoms with van der Waals surface area (Å²) in [6.07, 6.45) is 0. The van der Waals surface area contributed by atoms with Crippen LogP contribution in [0.2, 0.25) is 0 Å². The summed E-state index contributed by atoms with van der Waals surface area (Å²) in [5.41, 5.74) is 3.51. The van der Waals surface area contributed by atoms with E-state index in [0.29, 0.717) is 9.86 Å². The molecule has 0 unspecified atom stereocenters. The Morgan fingerprint density at radius 3 is 2.44 bits per heavy atom. The van der Waals surface area contributed by atoms with E-state index in [9.17, 15) is 18.8 Å². The van der Waals surface area contributed by atoms with Crippen molar-refractivity contribution in [2.75, 3.05) is 0 Å². The van der Waals surface area contributed by atoms with Crippen LogP contribution < -0.4 is 16.4 Å². The number of H-pyrrole nitrogens is 1. The molecule has 126 valence electrons. The normalized spacial score (nSPS) is 10.5. The second-order valence-corrected chi connectivity index (χ2v) is 5.90. The topological polar surface area (TPSA) is 104 Å². The number of carbonyl (C=O) groups is 2. The highest BCUT2D eigenvalue weighted by atomic mass is 79.9. The molecule has 0 fully saturated rings. The molecule has 0 spiro atoms. The summed E-state index contributed by atoms with van der Waals surface area (Å²) in [5, 5.41) is 6.53. The molecule has 0 bridgehead atoms. The minimum absolute atomic E-state index is 0.0771. The van der Waals surface area contributed by atoms with Gasteiger partial charge in [0, 0.05) is 9.86 Å². The Labute approximate surface area is 148 Å². The van der Waals surface area contributed by atoms with Crippen LogP contribution in [0.1, 0.15) is 20.8 Å². The highest BCUT2D eigenvalue weighted by molar-refractivity contribution is 9.10. The van der Waals surface area contributed by atoms with E-state index in [0.717, 1.165) is 6.07 Å². The Bertz CT molecular complexity index is 1050. The Hall–Kier alpha value is -3.07. The molecule has 0 aliphatic heterocycles. The average molecular weight is 405 g/mol. The molecule has 9 heteroatoms. The Kier molecular flexibility index (Phi) is 4.57. The average Bonchev–Trinajstić information content (AvgIpc) is 2.60. The molecule has 0 aliphatic carbocycles. The number of hydrogen-bond acceptors (Lipinski definition) is 4. The Morgan fingerprint density at radius 1 is 1.04 bits per heavy atom. The molecule has 2 aromatic carbocycles. The lowest BCUT2D eigenvalue weighted by Gasteiger charge is -2.09. The third-order valence-corrected chi connectivity index (χ3v) is 3.87. The van der Waals surface area contributed by atoms with Crippen molar-refractivity contribution < 1.29 is 14.0 Å². The largest absolute Gasteiger partial charge is 0.290 e. The monoisotopic (exact) mass is 404 g/mol. The van der Waals surface area contributed by atoms with E-state index in [-0.39, 0.29) is 16.6 Å². The maximum Gasteiger partial charge on any atom is 0.290 e. The number of fused-ring (bicyclic) bond motifs is 1. The molecular formula is C16H10BrFN4O3. The van der Waals surface area contributed by atoms with Crippen LogP contribution in [0.5, 0.6) is 0 Å². The summed E-state index contributed by atoms with van der Waals surface area (Å²) in [4.78, 5) is 35.9. The first-order valence-corrected chi connectivity index (χ1v) is 7.80. The summed E-state index contributed by atoms with van der Waals surface area (Å²) in [5.74, 6) is -2.32. The van der Waals surface area contributed by atoms with E-state index in [1.54, 1.807) is 24.3 Å². The molecule has 0 aliphatic rings. The van der Waals surface area contributed by atoms with Crippen LogP contribution in [-0.4, -0.2) is 22.0 Å². The number of aromatic amines is 1. The number of aromatic nitrogens is 2. The first-order chi connectivity index (χ1) is 12.0. The Balaban J connectivity index is 1.80. The van der Waals surface area contributed by atoms with Crippen molar-refractivity contribution in [3.05, 3.63) is 74.4 Å². The molecule has 25 heavy (non-hydrogen) atoms. The summed E-state index contributed by atoms with van der Waals surface area (Å²) >= 11 is 3.09. The van der Waals surface area contributed by atoms with Gasteiger partial charge in [0.1, 0.15) is 5.82 Å². The van der Waals surface area contributed by atoms with Crippen molar-refractivity contribution in [2.24, 2.45) is 0 Å². The van der Waals surface area contributed by atoms with Crippen molar-refractivity contribution in [1.82, 2.24) is 21.0 Å². The maximum absolute atomic E-state index is 13.7. The summed E-state index contributed by atoms with van der Waals surface area (Å²) in [6, 6.07) is 10.3. The summed E-state index contributed by atoms with van der Waals surface area (Å²) in [7, 11) is 0. The molecule has 0 atom stereocenters. The number of nitrogens with zero attached hydrogens (tertiary/aromatic N) is 1. The van der Waals surface area contributed by atoms with Gasteiger partial charge in [-0.05, 0) is 24.3 Å². The predicted molar refractivity (Wildman–Crippen MR) is 91.4 cm³/mol. The SMILES string of the molecule is O=C(NNC(=O)c1n[nH]c(=O)c2ccccc12)c1ccc(Br)cc1F. The molecule has 0 saturated heterocycles. The first-order valence-electron chi connectivity index (χ1n) is 7.00. The second-order valence-electron chi connectivity index (χ2n) is 4.98. The van der Waals surface area contributed by atoms with Crippen LogP contribution in [-0.2, 0) is 0 Å². The summed E-state index contributed by atoms with van der Waals surface area (Å²) in [6.45, 7) is 0. The number of hydrogen-bond donors (Lipinski definition) is 3. The second kappa shape index (κ2) is 6.81. The molecule has 3 rings (SSSR count). The van der Waals surface area contributed by atoms with Gasteiger partial charge in [-0.25, -0.2) is 9.49 Å². The quantitative estimate of drug-likeness (QED) is 0.567. The van der Waals surface area contributed by atoms with E-state index >= 15 is 0 Å². The van der Waals surface area contributed by atoms with Gasteiger partial charge in [-0.15, -0.1) is 0 Å². The van der Waals surface area contributed by atoms with E-state index < -0.39 is 23.2 Å². The van der Waals surface area contributed by atoms with Crippen LogP contribution in [0.15, 0.2) is 51.7 Å². The van der Waals surface area contributed by atoms with Crippen LogP contribution in [0.4, 0.5) is 4.39 Å². The van der Waals surface area contributed by atoms with Crippen molar-refractivity contribution >= 4 is 38.5 Å². The predicted octanol–water partition coefficient (Wildman–Crippen LogP) is 1.90. The third kappa shape index (κ3) is 3.41. The van der Waals surface area contributed by atoms with Crippen LogP contribution in [0, 0.1) is 5.82 Å². The minimum Gasteiger partial charge on any atom is -0.267 e. The number of hydrazine groups is 1. The molecule has 3 N–H and O–H groups in total. The van der Waals surface area contributed by atoms with Crippen molar-refractivity contribution in [1.29, 1.82) is 0 Å². The van der Waals surface area contributed by atoms with Gasteiger partial charge in [0.2, 0.25) is 0 Å². The first kappa shape index (κ1) is 16.8. The van der Waals surface area contributed by atoms with Gasteiger partial charge < -0.3 is 0 Å². The highest BCUT2D eigenvalue weighted by Gasteiger charge is 2.16. The lowest BCUT2D eigenvalue weighted by molar-refractivity contribution is 0.0842. The van der Waals surface area contributed by atoms with Crippen LogP contribution in [0.25, 0.3) is 10.8 Å². The fourth-order valence-electron chi connectivity index (χ4n) is 2.20. The number of nitrogens with one attached hydrogen (secondary N) is 3. The molecule has 7 nitrogen and oxygen atoms in total. The maximum atomic E-state index is 13.7. The lowest BCUT2D eigenvalue weighted by atomic mass is 10.1. The van der Waals surface area contributed by atoms with Gasteiger partial charge in [0.25, 0.3) is 17.4 Å². The molecule has 0 radical (unpaired) electrons. The number of rotatable bonds is 2. The number of benzene rings is 2. The smallest absolute Gasteiger partial charge is 0.267 e. The van der Waals surface area contributed by atoms with Crippen LogP contribution in [0.3, 0.4) is 0 Å². The van der Waals surface area contributed by atoms with Gasteiger partial charge in [-0.2, -0.15) is 5.10 Å². The zero-order valence-electron chi connectivity index (χ0n) is 12.5. The van der Waals surface area contributed by atoms with Gasteiger partial charge in [0.15, 0.2) is 5.69 Å². The van der Waals surface area contributed by atoms with Gasteiger partial charge in [-0.3, -0.25) is 25.2 Å². The molecular weight excluding hydrogens is 395 g/mol.